The van der Waals surface area contributed by atoms with Crippen LogP contribution < -0.4 is 0 Å². The molecule has 28 heavy (non-hydrogen) atoms. The summed E-state index contributed by atoms with van der Waals surface area (Å²) < 4.78 is 29.2. The number of aromatic nitrogens is 3. The second-order valence-corrected chi connectivity index (χ2v) is 10.6. The van der Waals surface area contributed by atoms with E-state index < -0.39 is 10.0 Å². The first-order valence-electron chi connectivity index (χ1n) is 9.98. The predicted molar refractivity (Wildman–Crippen MR) is 107 cm³/mol. The normalized spacial score (nSPS) is 25.0. The molecule has 2 aliphatic heterocycles. The number of hydrogen-bond donors (Lipinski definition) is 0. The summed E-state index contributed by atoms with van der Waals surface area (Å²) in [5.74, 6) is 0. The third-order valence-corrected chi connectivity index (χ3v) is 8.98. The van der Waals surface area contributed by atoms with Gasteiger partial charge in [-0.2, -0.15) is 5.10 Å². The third-order valence-electron chi connectivity index (χ3n) is 6.64. The van der Waals surface area contributed by atoms with E-state index in [1.165, 1.54) is 5.69 Å². The van der Waals surface area contributed by atoms with Crippen LogP contribution in [0.2, 0.25) is 0 Å². The number of fused-ring (bicyclic) bond motifs is 3. The largest absolute Gasteiger partial charge is 0.268 e. The van der Waals surface area contributed by atoms with Crippen molar-refractivity contribution >= 4 is 20.9 Å². The molecule has 2 aromatic heterocycles. The van der Waals surface area contributed by atoms with Crippen molar-refractivity contribution in [3.05, 3.63) is 48.3 Å². The number of nitrogens with zero attached hydrogens (tertiary/aromatic N) is 4. The summed E-state index contributed by atoms with van der Waals surface area (Å²) in [5, 5.41) is 5.80. The maximum atomic E-state index is 12.7. The monoisotopic (exact) mass is 394 g/mol. The van der Waals surface area contributed by atoms with Crippen LogP contribution in [-0.4, -0.2) is 45.8 Å². The van der Waals surface area contributed by atoms with Gasteiger partial charge in [0.2, 0.25) is 10.0 Å². The summed E-state index contributed by atoms with van der Waals surface area (Å²) in [6.45, 7) is 2.09. The standard InChI is InChI=1S/C21H22N4O2S/c26-28(27,17-5-6-17)24-9-7-21(14-24)8-10-25-20(21)12-19(23-25)16-11-15-3-1-2-4-18(15)22-13-16/h1-4,11-13,17H,5-10,14H2. The smallest absolute Gasteiger partial charge is 0.217 e. The highest BCUT2D eigenvalue weighted by molar-refractivity contribution is 7.90. The summed E-state index contributed by atoms with van der Waals surface area (Å²) in [6, 6.07) is 12.4. The van der Waals surface area contributed by atoms with Gasteiger partial charge in [-0.1, -0.05) is 18.2 Å². The minimum atomic E-state index is -3.11. The first-order valence-corrected chi connectivity index (χ1v) is 11.5. The van der Waals surface area contributed by atoms with Gasteiger partial charge in [0.25, 0.3) is 0 Å². The zero-order valence-corrected chi connectivity index (χ0v) is 16.4. The van der Waals surface area contributed by atoms with Gasteiger partial charge in [0, 0.05) is 47.9 Å². The van der Waals surface area contributed by atoms with Crippen molar-refractivity contribution in [1.29, 1.82) is 0 Å². The first kappa shape index (κ1) is 16.7. The average molecular weight is 395 g/mol. The molecule has 0 bridgehead atoms. The van der Waals surface area contributed by atoms with Gasteiger partial charge in [0.15, 0.2) is 0 Å². The topological polar surface area (TPSA) is 68.1 Å². The van der Waals surface area contributed by atoms with E-state index in [4.69, 9.17) is 5.10 Å². The Bertz CT molecular complexity index is 1200. The van der Waals surface area contributed by atoms with Crippen LogP contribution in [0.25, 0.3) is 22.2 Å². The Hall–Kier alpha value is -2.25. The van der Waals surface area contributed by atoms with Crippen molar-refractivity contribution in [2.75, 3.05) is 13.1 Å². The minimum Gasteiger partial charge on any atom is -0.268 e. The van der Waals surface area contributed by atoms with Crippen LogP contribution in [0.3, 0.4) is 0 Å². The molecule has 0 radical (unpaired) electrons. The fourth-order valence-electron chi connectivity index (χ4n) is 4.86. The molecule has 1 saturated carbocycles. The Labute approximate surface area is 164 Å². The molecule has 3 aromatic rings. The molecule has 0 amide bonds. The fourth-order valence-corrected chi connectivity index (χ4v) is 6.78. The van der Waals surface area contributed by atoms with Crippen molar-refractivity contribution in [2.24, 2.45) is 0 Å². The highest BCUT2D eigenvalue weighted by atomic mass is 32.2. The summed E-state index contributed by atoms with van der Waals surface area (Å²) in [6.07, 6.45) is 5.39. The second kappa shape index (κ2) is 5.64. The first-order chi connectivity index (χ1) is 13.6. The highest BCUT2D eigenvalue weighted by Gasteiger charge is 2.51. The van der Waals surface area contributed by atoms with E-state index in [0.29, 0.717) is 13.1 Å². The van der Waals surface area contributed by atoms with Gasteiger partial charge in [0.1, 0.15) is 0 Å². The number of rotatable bonds is 3. The van der Waals surface area contributed by atoms with Gasteiger partial charge >= 0.3 is 0 Å². The van der Waals surface area contributed by atoms with E-state index >= 15 is 0 Å². The molecule has 3 aliphatic rings. The highest BCUT2D eigenvalue weighted by Crippen LogP contribution is 2.46. The van der Waals surface area contributed by atoms with Crippen LogP contribution in [0, 0.1) is 0 Å². The van der Waals surface area contributed by atoms with Crippen LogP contribution in [0.1, 0.15) is 31.4 Å². The molecule has 144 valence electrons. The Kier molecular flexibility index (Phi) is 3.36. The second-order valence-electron chi connectivity index (χ2n) is 8.41. The van der Waals surface area contributed by atoms with E-state index in [1.54, 1.807) is 4.31 Å². The lowest BCUT2D eigenvalue weighted by Gasteiger charge is -2.23. The molecule has 2 fully saturated rings. The lowest BCUT2D eigenvalue weighted by molar-refractivity contribution is 0.415. The molecule has 1 aliphatic carbocycles. The number of para-hydroxylation sites is 1. The van der Waals surface area contributed by atoms with Crippen LogP contribution in [-0.2, 0) is 22.0 Å². The molecule has 7 heteroatoms. The van der Waals surface area contributed by atoms with Crippen molar-refractivity contribution in [2.45, 2.75) is 42.9 Å². The Balaban J connectivity index is 1.35. The van der Waals surface area contributed by atoms with Crippen LogP contribution >= 0.6 is 0 Å². The Morgan fingerprint density at radius 2 is 1.89 bits per heavy atom. The molecular formula is C21H22N4O2S. The summed E-state index contributed by atoms with van der Waals surface area (Å²) in [4.78, 5) is 4.56. The Morgan fingerprint density at radius 3 is 2.75 bits per heavy atom. The van der Waals surface area contributed by atoms with Crippen molar-refractivity contribution in [3.8, 4) is 11.3 Å². The van der Waals surface area contributed by atoms with Crippen LogP contribution in [0.4, 0.5) is 0 Å². The van der Waals surface area contributed by atoms with Gasteiger partial charge in [0.05, 0.1) is 16.5 Å². The predicted octanol–water partition coefficient (Wildman–Crippen LogP) is 2.94. The molecule has 1 atom stereocenters. The average Bonchev–Trinajstić information content (AvgIpc) is 3.21. The van der Waals surface area contributed by atoms with E-state index in [2.05, 4.69) is 27.9 Å². The maximum Gasteiger partial charge on any atom is 0.217 e. The summed E-state index contributed by atoms with van der Waals surface area (Å²) in [7, 11) is -3.11. The van der Waals surface area contributed by atoms with Gasteiger partial charge in [-0.15, -0.1) is 0 Å². The molecule has 6 rings (SSSR count). The number of benzene rings is 1. The molecular weight excluding hydrogens is 372 g/mol. The maximum absolute atomic E-state index is 12.7. The fraction of sp³-hybridized carbons (Fsp3) is 0.429. The van der Waals surface area contributed by atoms with Gasteiger partial charge in [-0.3, -0.25) is 9.67 Å². The quantitative estimate of drug-likeness (QED) is 0.685. The lowest BCUT2D eigenvalue weighted by atomic mass is 9.82. The third kappa shape index (κ3) is 2.39. The van der Waals surface area contributed by atoms with Gasteiger partial charge in [-0.25, -0.2) is 12.7 Å². The van der Waals surface area contributed by atoms with E-state index in [0.717, 1.165) is 54.4 Å². The SMILES string of the molecule is O=S(=O)(C1CC1)N1CCC2(CCn3nc(-c4cnc5ccccc5c4)cc32)C1. The van der Waals surface area contributed by atoms with Crippen LogP contribution in [0.15, 0.2) is 42.6 Å². The molecule has 1 spiro atoms. The number of sulfonamides is 1. The summed E-state index contributed by atoms with van der Waals surface area (Å²) in [5.41, 5.74) is 4.01. The van der Waals surface area contributed by atoms with Gasteiger partial charge < -0.3 is 0 Å². The molecule has 1 unspecified atom stereocenters. The van der Waals surface area contributed by atoms with Crippen molar-refractivity contribution < 1.29 is 8.42 Å². The lowest BCUT2D eigenvalue weighted by Crippen LogP contribution is -2.35. The van der Waals surface area contributed by atoms with Crippen molar-refractivity contribution in [1.82, 2.24) is 19.1 Å². The summed E-state index contributed by atoms with van der Waals surface area (Å²) >= 11 is 0. The van der Waals surface area contributed by atoms with E-state index in [9.17, 15) is 8.42 Å². The van der Waals surface area contributed by atoms with E-state index in [1.807, 2.05) is 24.4 Å². The molecule has 1 aromatic carbocycles. The number of aryl methyl sites for hydroxylation is 1. The van der Waals surface area contributed by atoms with Crippen LogP contribution in [0.5, 0.6) is 0 Å². The molecule has 0 N–H and O–H groups in total. The molecule has 6 nitrogen and oxygen atoms in total. The zero-order valence-electron chi connectivity index (χ0n) is 15.6. The van der Waals surface area contributed by atoms with Crippen molar-refractivity contribution in [3.63, 3.8) is 0 Å². The number of pyridine rings is 1. The zero-order chi connectivity index (χ0) is 18.9. The minimum absolute atomic E-state index is 0.0858. The molecule has 4 heterocycles. The molecule has 1 saturated heterocycles. The Morgan fingerprint density at radius 1 is 1.07 bits per heavy atom. The van der Waals surface area contributed by atoms with E-state index in [-0.39, 0.29) is 10.7 Å². The number of hydrogen-bond acceptors (Lipinski definition) is 4. The van der Waals surface area contributed by atoms with Gasteiger partial charge in [-0.05, 0) is 43.9 Å².